The minimum Gasteiger partial charge on any atom is -0.225 e. The highest BCUT2D eigenvalue weighted by molar-refractivity contribution is 7.89. The Kier molecular flexibility index (Phi) is 5.08. The van der Waals surface area contributed by atoms with Gasteiger partial charge in [-0.3, -0.25) is 0 Å². The molecule has 0 atom stereocenters. The van der Waals surface area contributed by atoms with E-state index in [4.69, 9.17) is 16.7 Å². The summed E-state index contributed by atoms with van der Waals surface area (Å²) in [4.78, 5) is -0.0615. The van der Waals surface area contributed by atoms with Crippen LogP contribution in [0.4, 0.5) is 8.78 Å². The van der Waals surface area contributed by atoms with E-state index in [0.29, 0.717) is 27.3 Å². The maximum Gasteiger partial charge on any atom is 0.238 e. The molecule has 3 aromatic rings. The zero-order valence-electron chi connectivity index (χ0n) is 14.6. The van der Waals surface area contributed by atoms with Gasteiger partial charge < -0.3 is 0 Å². The third-order valence-electron chi connectivity index (χ3n) is 4.30. The molecule has 7 heteroatoms. The third-order valence-corrected chi connectivity index (χ3v) is 5.83. The van der Waals surface area contributed by atoms with Crippen LogP contribution in [0.2, 0.25) is 5.02 Å². The lowest BCUT2D eigenvalue weighted by Crippen LogP contribution is -2.11. The van der Waals surface area contributed by atoms with Crippen LogP contribution in [0.3, 0.4) is 0 Å². The molecule has 0 heterocycles. The van der Waals surface area contributed by atoms with Crippen LogP contribution in [0, 0.1) is 25.5 Å². The molecule has 0 spiro atoms. The van der Waals surface area contributed by atoms with E-state index in [1.54, 1.807) is 12.1 Å². The third kappa shape index (κ3) is 3.88. The minimum atomic E-state index is -3.84. The van der Waals surface area contributed by atoms with Gasteiger partial charge in [-0.15, -0.1) is 0 Å². The Labute approximate surface area is 161 Å². The van der Waals surface area contributed by atoms with E-state index in [0.717, 1.165) is 23.3 Å². The van der Waals surface area contributed by atoms with Gasteiger partial charge in [-0.05, 0) is 83.6 Å². The summed E-state index contributed by atoms with van der Waals surface area (Å²) >= 11 is 6.21. The summed E-state index contributed by atoms with van der Waals surface area (Å²) < 4.78 is 50.8. The maximum atomic E-state index is 14.0. The summed E-state index contributed by atoms with van der Waals surface area (Å²) in [5, 5.41) is 5.72. The predicted octanol–water partition coefficient (Wildman–Crippen LogP) is 5.22. The molecule has 0 aliphatic rings. The Hall–Kier alpha value is -2.28. The molecular weight excluding hydrogens is 392 g/mol. The molecule has 0 saturated carbocycles. The number of aryl methyl sites for hydroxylation is 2. The molecule has 0 radical (unpaired) electrons. The van der Waals surface area contributed by atoms with Gasteiger partial charge in [-0.2, -0.15) is 0 Å². The average molecular weight is 408 g/mol. The molecule has 0 aliphatic carbocycles. The lowest BCUT2D eigenvalue weighted by Gasteiger charge is -2.14. The van der Waals surface area contributed by atoms with E-state index in [9.17, 15) is 17.2 Å². The molecule has 0 amide bonds. The number of nitrogens with two attached hydrogens (primary N) is 1. The van der Waals surface area contributed by atoms with Gasteiger partial charge in [0.2, 0.25) is 10.0 Å². The first-order valence-electron chi connectivity index (χ1n) is 7.97. The summed E-state index contributed by atoms with van der Waals surface area (Å²) in [5.74, 6) is -1.97. The number of rotatable bonds is 3. The second kappa shape index (κ2) is 7.03. The topological polar surface area (TPSA) is 60.2 Å². The Bertz CT molecular complexity index is 1120. The van der Waals surface area contributed by atoms with Crippen LogP contribution >= 0.6 is 11.6 Å². The highest BCUT2D eigenvalue weighted by Crippen LogP contribution is 2.36. The zero-order valence-corrected chi connectivity index (χ0v) is 16.1. The molecule has 0 saturated heterocycles. The molecule has 3 rings (SSSR count). The summed E-state index contributed by atoms with van der Waals surface area (Å²) in [5.41, 5.74) is 3.73. The maximum absolute atomic E-state index is 14.0. The van der Waals surface area contributed by atoms with E-state index in [-0.39, 0.29) is 4.90 Å². The first-order valence-corrected chi connectivity index (χ1v) is 9.90. The fourth-order valence-electron chi connectivity index (χ4n) is 2.95. The summed E-state index contributed by atoms with van der Waals surface area (Å²) in [6, 6.07) is 11.5. The molecule has 140 valence electrons. The molecular formula is C20H16ClF2NO2S. The standard InChI is InChI=1S/C20H16ClF2NO2S/c1-11-7-14(8-12(2)20(11)21)17-10-19(23)18(22)9-16(17)13-3-5-15(6-4-13)27(24,25)26/h3-10H,1-2H3,(H2,24,25,26). The monoisotopic (exact) mass is 407 g/mol. The minimum absolute atomic E-state index is 0.0615. The average Bonchev–Trinajstić information content (AvgIpc) is 2.60. The fraction of sp³-hybridized carbons (Fsp3) is 0.100. The van der Waals surface area contributed by atoms with E-state index >= 15 is 0 Å². The van der Waals surface area contributed by atoms with Gasteiger partial charge in [0, 0.05) is 5.02 Å². The number of hydrogen-bond acceptors (Lipinski definition) is 2. The number of benzene rings is 3. The van der Waals surface area contributed by atoms with Crippen molar-refractivity contribution in [3.8, 4) is 22.3 Å². The van der Waals surface area contributed by atoms with Crippen LogP contribution in [-0.4, -0.2) is 8.42 Å². The van der Waals surface area contributed by atoms with Gasteiger partial charge in [0.05, 0.1) is 4.90 Å². The van der Waals surface area contributed by atoms with Crippen molar-refractivity contribution in [2.24, 2.45) is 5.14 Å². The van der Waals surface area contributed by atoms with Crippen molar-refractivity contribution in [3.63, 3.8) is 0 Å². The molecule has 27 heavy (non-hydrogen) atoms. The van der Waals surface area contributed by atoms with E-state index < -0.39 is 21.7 Å². The highest BCUT2D eigenvalue weighted by atomic mass is 35.5. The Morgan fingerprint density at radius 2 is 1.26 bits per heavy atom. The van der Waals surface area contributed by atoms with Gasteiger partial charge >= 0.3 is 0 Å². The summed E-state index contributed by atoms with van der Waals surface area (Å²) in [6.45, 7) is 3.67. The Morgan fingerprint density at radius 1 is 0.815 bits per heavy atom. The van der Waals surface area contributed by atoms with Crippen molar-refractivity contribution < 1.29 is 17.2 Å². The highest BCUT2D eigenvalue weighted by Gasteiger charge is 2.16. The van der Waals surface area contributed by atoms with E-state index in [1.165, 1.54) is 24.3 Å². The van der Waals surface area contributed by atoms with Crippen LogP contribution in [0.1, 0.15) is 11.1 Å². The van der Waals surface area contributed by atoms with Crippen molar-refractivity contribution in [3.05, 3.63) is 76.3 Å². The largest absolute Gasteiger partial charge is 0.238 e. The molecule has 0 aliphatic heterocycles. The number of halogens is 3. The fourth-order valence-corrected chi connectivity index (χ4v) is 3.57. The van der Waals surface area contributed by atoms with Crippen molar-refractivity contribution in [2.45, 2.75) is 18.7 Å². The SMILES string of the molecule is Cc1cc(-c2cc(F)c(F)cc2-c2ccc(S(N)(=O)=O)cc2)cc(C)c1Cl. The van der Waals surface area contributed by atoms with Gasteiger partial charge in [-0.1, -0.05) is 23.7 Å². The molecule has 2 N–H and O–H groups in total. The second-order valence-electron chi connectivity index (χ2n) is 6.31. The van der Waals surface area contributed by atoms with Crippen molar-refractivity contribution in [2.75, 3.05) is 0 Å². The van der Waals surface area contributed by atoms with E-state index in [1.807, 2.05) is 13.8 Å². The molecule has 3 aromatic carbocycles. The molecule has 0 unspecified atom stereocenters. The van der Waals surface area contributed by atoms with Crippen molar-refractivity contribution in [1.29, 1.82) is 0 Å². The van der Waals surface area contributed by atoms with Crippen LogP contribution in [0.5, 0.6) is 0 Å². The van der Waals surface area contributed by atoms with Gasteiger partial charge in [0.15, 0.2) is 11.6 Å². The lowest BCUT2D eigenvalue weighted by molar-refractivity contribution is 0.509. The Morgan fingerprint density at radius 3 is 1.70 bits per heavy atom. The van der Waals surface area contributed by atoms with Gasteiger partial charge in [-0.25, -0.2) is 22.3 Å². The normalized spacial score (nSPS) is 11.6. The summed E-state index contributed by atoms with van der Waals surface area (Å²) in [6.07, 6.45) is 0. The van der Waals surface area contributed by atoms with Crippen molar-refractivity contribution in [1.82, 2.24) is 0 Å². The quantitative estimate of drug-likeness (QED) is 0.647. The molecule has 0 fully saturated rings. The first kappa shape index (κ1) is 19.5. The van der Waals surface area contributed by atoms with E-state index in [2.05, 4.69) is 0 Å². The predicted molar refractivity (Wildman–Crippen MR) is 103 cm³/mol. The number of primary sulfonamides is 1. The molecule has 0 bridgehead atoms. The summed E-state index contributed by atoms with van der Waals surface area (Å²) in [7, 11) is -3.84. The number of sulfonamides is 1. The van der Waals surface area contributed by atoms with Gasteiger partial charge in [0.1, 0.15) is 0 Å². The number of hydrogen-bond donors (Lipinski definition) is 1. The van der Waals surface area contributed by atoms with Gasteiger partial charge in [0.25, 0.3) is 0 Å². The van der Waals surface area contributed by atoms with Crippen LogP contribution in [0.25, 0.3) is 22.3 Å². The zero-order chi connectivity index (χ0) is 19.9. The first-order chi connectivity index (χ1) is 12.6. The molecule has 3 nitrogen and oxygen atoms in total. The Balaban J connectivity index is 2.24. The smallest absolute Gasteiger partial charge is 0.225 e. The second-order valence-corrected chi connectivity index (χ2v) is 8.24. The van der Waals surface area contributed by atoms with Crippen LogP contribution in [0.15, 0.2) is 53.4 Å². The van der Waals surface area contributed by atoms with Crippen LogP contribution in [-0.2, 0) is 10.0 Å². The van der Waals surface area contributed by atoms with Crippen LogP contribution < -0.4 is 5.14 Å². The molecule has 0 aromatic heterocycles. The lowest BCUT2D eigenvalue weighted by atomic mass is 9.92. The van der Waals surface area contributed by atoms with Crippen molar-refractivity contribution >= 4 is 21.6 Å².